The largest absolute Gasteiger partial charge is 0.426 e. The molecule has 2 N–H and O–H groups in total. The molecule has 2 amide bonds. The first-order valence-electron chi connectivity index (χ1n) is 18.1. The first kappa shape index (κ1) is 37.7. The fourth-order valence-electron chi connectivity index (χ4n) is 6.36. The summed E-state index contributed by atoms with van der Waals surface area (Å²) in [5.74, 6) is 0.580. The van der Waals surface area contributed by atoms with Gasteiger partial charge in [-0.1, -0.05) is 77.0 Å². The third-order valence-electron chi connectivity index (χ3n) is 8.92. The molecule has 1 aromatic heterocycles. The van der Waals surface area contributed by atoms with Gasteiger partial charge in [0.05, 0.1) is 6.42 Å². The zero-order valence-electron chi connectivity index (χ0n) is 28.6. The van der Waals surface area contributed by atoms with E-state index in [0.717, 1.165) is 95.8 Å². The van der Waals surface area contributed by atoms with Crippen LogP contribution in [0.4, 0.5) is 0 Å². The molecule has 0 fully saturated rings. The number of carbonyl (C=O) groups excluding carboxylic acids is 3. The van der Waals surface area contributed by atoms with Crippen LogP contribution in [0.5, 0.6) is 5.75 Å². The lowest BCUT2D eigenvalue weighted by molar-refractivity contribution is -0.134. The highest BCUT2D eigenvalue weighted by Gasteiger charge is 2.26. The first-order valence-corrected chi connectivity index (χ1v) is 19.0. The molecule has 1 atom stereocenters. The zero-order valence-corrected chi connectivity index (χ0v) is 29.4. The Balaban J connectivity index is 1.24. The Hall–Kier alpha value is -2.71. The predicted octanol–water partition coefficient (Wildman–Crippen LogP) is 7.79. The molecule has 1 aromatic carbocycles. The standard InChI is InChI=1S/C38H59N3O4S/c1-3-25-39-36(42)19-12-10-8-6-5-7-9-11-13-20-37(43)40-26-23-38(44)45-35-18-14-16-31-30-32(21-22-34(31)35)41(27-4-2)28-24-33-17-15-29-46-33/h14-18,29,32H,3-13,19-28,30H2,1-2H3,(H,39,42)(H,40,43). The number of unbranched alkanes of at least 4 members (excludes halogenated alkanes) is 8. The molecule has 1 unspecified atom stereocenters. The van der Waals surface area contributed by atoms with E-state index in [1.165, 1.54) is 36.1 Å². The molecule has 0 spiro atoms. The van der Waals surface area contributed by atoms with Crippen molar-refractivity contribution in [1.82, 2.24) is 15.5 Å². The maximum absolute atomic E-state index is 12.6. The fourth-order valence-corrected chi connectivity index (χ4v) is 7.06. The number of hydrogen-bond acceptors (Lipinski definition) is 6. The van der Waals surface area contributed by atoms with Crippen LogP contribution < -0.4 is 15.4 Å². The SMILES string of the molecule is CCCNC(=O)CCCCCCCCCCCC(=O)NCCC(=O)Oc1cccc2c1CCC(N(CCC)CCc1cccs1)C2. The lowest BCUT2D eigenvalue weighted by Gasteiger charge is -2.35. The number of benzene rings is 1. The summed E-state index contributed by atoms with van der Waals surface area (Å²) in [6.45, 7) is 7.60. The summed E-state index contributed by atoms with van der Waals surface area (Å²) in [6, 6.07) is 11.0. The van der Waals surface area contributed by atoms with Gasteiger partial charge in [0.25, 0.3) is 0 Å². The number of rotatable bonds is 24. The number of carbonyl (C=O) groups is 3. The highest BCUT2D eigenvalue weighted by molar-refractivity contribution is 7.09. The first-order chi connectivity index (χ1) is 22.5. The Labute approximate surface area is 282 Å². The smallest absolute Gasteiger partial charge is 0.312 e. The minimum Gasteiger partial charge on any atom is -0.426 e. The van der Waals surface area contributed by atoms with E-state index in [0.29, 0.717) is 31.2 Å². The molecule has 1 heterocycles. The topological polar surface area (TPSA) is 87.7 Å². The number of nitrogens with zero attached hydrogens (tertiary/aromatic N) is 1. The molecular weight excluding hydrogens is 595 g/mol. The van der Waals surface area contributed by atoms with Gasteiger partial charge in [-0.15, -0.1) is 11.3 Å². The minimum atomic E-state index is -0.292. The highest BCUT2D eigenvalue weighted by Crippen LogP contribution is 2.32. The monoisotopic (exact) mass is 653 g/mol. The summed E-state index contributed by atoms with van der Waals surface area (Å²) in [6.07, 6.45) is 17.5. The lowest BCUT2D eigenvalue weighted by Crippen LogP contribution is -2.41. The Morgan fingerprint density at radius 2 is 1.48 bits per heavy atom. The molecular formula is C38H59N3O4S. The third kappa shape index (κ3) is 14.8. The van der Waals surface area contributed by atoms with Crippen LogP contribution in [-0.4, -0.2) is 54.9 Å². The average Bonchev–Trinajstić information content (AvgIpc) is 3.58. The number of esters is 1. The van der Waals surface area contributed by atoms with Crippen molar-refractivity contribution < 1.29 is 19.1 Å². The molecule has 256 valence electrons. The molecule has 0 bridgehead atoms. The van der Waals surface area contributed by atoms with Crippen LogP contribution in [0.3, 0.4) is 0 Å². The summed E-state index contributed by atoms with van der Waals surface area (Å²) in [5, 5.41) is 7.97. The van der Waals surface area contributed by atoms with Crippen LogP contribution in [-0.2, 0) is 33.6 Å². The number of amides is 2. The zero-order chi connectivity index (χ0) is 32.8. The Morgan fingerprint density at radius 1 is 0.804 bits per heavy atom. The number of thiophene rings is 1. The molecule has 0 radical (unpaired) electrons. The van der Waals surface area contributed by atoms with E-state index in [1.54, 1.807) is 0 Å². The van der Waals surface area contributed by atoms with Crippen molar-refractivity contribution in [1.29, 1.82) is 0 Å². The van der Waals surface area contributed by atoms with Crippen molar-refractivity contribution in [2.75, 3.05) is 26.2 Å². The maximum atomic E-state index is 12.6. The second kappa shape index (κ2) is 22.8. The minimum absolute atomic E-state index is 0.00891. The van der Waals surface area contributed by atoms with Gasteiger partial charge in [0.1, 0.15) is 5.75 Å². The van der Waals surface area contributed by atoms with Gasteiger partial charge in [-0.05, 0) is 86.6 Å². The molecule has 1 aliphatic carbocycles. The molecule has 0 saturated heterocycles. The van der Waals surface area contributed by atoms with E-state index >= 15 is 0 Å². The van der Waals surface area contributed by atoms with Crippen molar-refractivity contribution in [2.24, 2.45) is 0 Å². The van der Waals surface area contributed by atoms with Crippen LogP contribution in [0, 0.1) is 0 Å². The van der Waals surface area contributed by atoms with Crippen LogP contribution in [0.1, 0.15) is 126 Å². The summed E-state index contributed by atoms with van der Waals surface area (Å²) < 4.78 is 5.81. The highest BCUT2D eigenvalue weighted by atomic mass is 32.1. The van der Waals surface area contributed by atoms with Gasteiger partial charge in [0, 0.05) is 43.4 Å². The van der Waals surface area contributed by atoms with E-state index in [9.17, 15) is 14.4 Å². The van der Waals surface area contributed by atoms with Gasteiger partial charge in [-0.25, -0.2) is 0 Å². The van der Waals surface area contributed by atoms with E-state index in [1.807, 2.05) is 23.5 Å². The van der Waals surface area contributed by atoms with Crippen LogP contribution >= 0.6 is 11.3 Å². The molecule has 7 nitrogen and oxygen atoms in total. The van der Waals surface area contributed by atoms with Crippen molar-refractivity contribution in [2.45, 2.75) is 135 Å². The number of hydrogen-bond donors (Lipinski definition) is 2. The van der Waals surface area contributed by atoms with E-state index in [4.69, 9.17) is 4.74 Å². The van der Waals surface area contributed by atoms with Gasteiger partial charge >= 0.3 is 5.97 Å². The van der Waals surface area contributed by atoms with Gasteiger partial charge in [0.15, 0.2) is 0 Å². The molecule has 8 heteroatoms. The number of ether oxygens (including phenoxy) is 1. The van der Waals surface area contributed by atoms with E-state index in [2.05, 4.69) is 53.0 Å². The summed E-state index contributed by atoms with van der Waals surface area (Å²) in [4.78, 5) is 40.6. The van der Waals surface area contributed by atoms with Gasteiger partial charge in [0.2, 0.25) is 11.8 Å². The van der Waals surface area contributed by atoms with E-state index in [-0.39, 0.29) is 24.2 Å². The molecule has 1 aliphatic rings. The molecule has 46 heavy (non-hydrogen) atoms. The van der Waals surface area contributed by atoms with Crippen LogP contribution in [0.15, 0.2) is 35.7 Å². The molecule has 2 aromatic rings. The second-order valence-corrected chi connectivity index (χ2v) is 13.8. The van der Waals surface area contributed by atoms with Crippen molar-refractivity contribution in [3.8, 4) is 5.75 Å². The predicted molar refractivity (Wildman–Crippen MR) is 189 cm³/mol. The van der Waals surface area contributed by atoms with Crippen molar-refractivity contribution >= 4 is 29.1 Å². The number of fused-ring (bicyclic) bond motifs is 1. The molecule has 0 aliphatic heterocycles. The average molecular weight is 654 g/mol. The van der Waals surface area contributed by atoms with E-state index < -0.39 is 0 Å². The Morgan fingerprint density at radius 3 is 2.11 bits per heavy atom. The quantitative estimate of drug-likeness (QED) is 0.0686. The van der Waals surface area contributed by atoms with Gasteiger partial charge in [-0.3, -0.25) is 19.3 Å². The normalized spacial score (nSPS) is 14.2. The summed E-state index contributed by atoms with van der Waals surface area (Å²) in [5.41, 5.74) is 2.45. The number of nitrogens with one attached hydrogen (secondary N) is 2. The summed E-state index contributed by atoms with van der Waals surface area (Å²) >= 11 is 1.84. The van der Waals surface area contributed by atoms with Crippen molar-refractivity contribution in [3.05, 3.63) is 51.7 Å². The van der Waals surface area contributed by atoms with Crippen molar-refractivity contribution in [3.63, 3.8) is 0 Å². The summed E-state index contributed by atoms with van der Waals surface area (Å²) in [7, 11) is 0. The van der Waals surface area contributed by atoms with Crippen LogP contribution in [0.2, 0.25) is 0 Å². The van der Waals surface area contributed by atoms with Gasteiger partial charge < -0.3 is 15.4 Å². The van der Waals surface area contributed by atoms with Gasteiger partial charge in [-0.2, -0.15) is 0 Å². The lowest BCUT2D eigenvalue weighted by atomic mass is 9.86. The third-order valence-corrected chi connectivity index (χ3v) is 9.86. The molecule has 3 rings (SSSR count). The maximum Gasteiger partial charge on any atom is 0.312 e. The Bertz CT molecular complexity index is 1150. The van der Waals surface area contributed by atoms with Crippen LogP contribution in [0.25, 0.3) is 0 Å². The Kier molecular flexibility index (Phi) is 18.7. The molecule has 0 saturated carbocycles. The second-order valence-electron chi connectivity index (χ2n) is 12.8. The fraction of sp³-hybridized carbons (Fsp3) is 0.658.